The number of pyridine rings is 1. The lowest BCUT2D eigenvalue weighted by Crippen LogP contribution is -2.45. The molecule has 4 rings (SSSR count). The predicted octanol–water partition coefficient (Wildman–Crippen LogP) is 2.86. The normalized spacial score (nSPS) is 15.2. The number of rotatable bonds is 4. The second-order valence-electron chi connectivity index (χ2n) is 7.41. The third-order valence-corrected chi connectivity index (χ3v) is 5.16. The van der Waals surface area contributed by atoms with E-state index < -0.39 is 0 Å². The van der Waals surface area contributed by atoms with E-state index in [2.05, 4.69) is 31.8 Å². The Morgan fingerprint density at radius 2 is 1.89 bits per heavy atom. The first-order valence-corrected chi connectivity index (χ1v) is 9.53. The average molecular weight is 380 g/mol. The Kier molecular flexibility index (Phi) is 5.09. The van der Waals surface area contributed by atoms with Crippen molar-refractivity contribution in [3.05, 3.63) is 53.9 Å². The van der Waals surface area contributed by atoms with Crippen LogP contribution in [-0.2, 0) is 6.54 Å². The Morgan fingerprint density at radius 1 is 1.11 bits per heavy atom. The number of hydrogen-bond donors (Lipinski definition) is 0. The quantitative estimate of drug-likeness (QED) is 0.694. The first-order chi connectivity index (χ1) is 13.5. The highest BCUT2D eigenvalue weighted by molar-refractivity contribution is 5.90. The van der Waals surface area contributed by atoms with E-state index in [1.807, 2.05) is 37.1 Å². The van der Waals surface area contributed by atoms with Gasteiger partial charge in [0.2, 0.25) is 0 Å². The zero-order chi connectivity index (χ0) is 19.7. The molecule has 146 valence electrons. The molecule has 1 aromatic carbocycles. The molecule has 1 saturated heterocycles. The highest BCUT2D eigenvalue weighted by atomic mass is 19.1. The molecule has 7 heteroatoms. The van der Waals surface area contributed by atoms with E-state index in [0.29, 0.717) is 6.54 Å². The summed E-state index contributed by atoms with van der Waals surface area (Å²) in [6, 6.07) is 8.79. The van der Waals surface area contributed by atoms with Gasteiger partial charge >= 0.3 is 0 Å². The van der Waals surface area contributed by atoms with Crippen molar-refractivity contribution >= 4 is 22.4 Å². The maximum Gasteiger partial charge on any atom is 0.132 e. The van der Waals surface area contributed by atoms with E-state index in [1.165, 1.54) is 12.1 Å². The summed E-state index contributed by atoms with van der Waals surface area (Å²) in [7, 11) is 4.08. The topological polar surface area (TPSA) is 48.4 Å². The van der Waals surface area contributed by atoms with Crippen molar-refractivity contribution in [3.63, 3.8) is 0 Å². The molecule has 1 aliphatic rings. The molecule has 6 nitrogen and oxygen atoms in total. The largest absolute Gasteiger partial charge is 0.367 e. The number of nitrogens with zero attached hydrogens (tertiary/aromatic N) is 6. The standard InChI is InChI=1S/C21H25FN6/c1-15-24-18(13-20(25-15)28-9-7-26(2)8-10-28)14-27(3)19-12-17(22)11-16-5-4-6-23-21(16)19/h4-6,11-13H,7-10,14H2,1-3H3. The van der Waals surface area contributed by atoms with E-state index in [-0.39, 0.29) is 5.82 Å². The minimum Gasteiger partial charge on any atom is -0.367 e. The summed E-state index contributed by atoms with van der Waals surface area (Å²) in [6.07, 6.45) is 1.73. The van der Waals surface area contributed by atoms with Gasteiger partial charge in [-0.05, 0) is 32.2 Å². The Hall–Kier alpha value is -2.80. The minimum atomic E-state index is -0.264. The van der Waals surface area contributed by atoms with Gasteiger partial charge in [-0.25, -0.2) is 14.4 Å². The molecule has 0 spiro atoms. The smallest absolute Gasteiger partial charge is 0.132 e. The van der Waals surface area contributed by atoms with Gasteiger partial charge in [-0.15, -0.1) is 0 Å². The molecule has 0 atom stereocenters. The first-order valence-electron chi connectivity index (χ1n) is 9.53. The lowest BCUT2D eigenvalue weighted by atomic mass is 10.1. The zero-order valence-electron chi connectivity index (χ0n) is 16.6. The van der Waals surface area contributed by atoms with E-state index in [0.717, 1.165) is 60.1 Å². The fraction of sp³-hybridized carbons (Fsp3) is 0.381. The van der Waals surface area contributed by atoms with Gasteiger partial charge in [-0.1, -0.05) is 6.07 Å². The van der Waals surface area contributed by atoms with Crippen molar-refractivity contribution < 1.29 is 4.39 Å². The van der Waals surface area contributed by atoms with Gasteiger partial charge in [0.05, 0.1) is 23.4 Å². The molecule has 3 aromatic rings. The molecular weight excluding hydrogens is 355 g/mol. The number of anilines is 2. The third-order valence-electron chi connectivity index (χ3n) is 5.16. The van der Waals surface area contributed by atoms with Crippen LogP contribution in [0, 0.1) is 12.7 Å². The van der Waals surface area contributed by atoms with E-state index in [4.69, 9.17) is 0 Å². The molecule has 1 aliphatic heterocycles. The predicted molar refractivity (Wildman–Crippen MR) is 110 cm³/mol. The van der Waals surface area contributed by atoms with Gasteiger partial charge in [-0.3, -0.25) is 4.98 Å². The SMILES string of the molecule is Cc1nc(CN(C)c2cc(F)cc3cccnc23)cc(N2CCN(C)CC2)n1. The maximum atomic E-state index is 14.1. The van der Waals surface area contributed by atoms with Crippen molar-refractivity contribution in [2.45, 2.75) is 13.5 Å². The minimum absolute atomic E-state index is 0.264. The van der Waals surface area contributed by atoms with Crippen molar-refractivity contribution in [1.29, 1.82) is 0 Å². The molecule has 0 bridgehead atoms. The molecule has 2 aromatic heterocycles. The summed E-state index contributed by atoms with van der Waals surface area (Å²) in [5.74, 6) is 1.45. The second kappa shape index (κ2) is 7.67. The van der Waals surface area contributed by atoms with Crippen LogP contribution in [0.15, 0.2) is 36.5 Å². The van der Waals surface area contributed by atoms with Gasteiger partial charge in [0.1, 0.15) is 17.5 Å². The molecule has 28 heavy (non-hydrogen) atoms. The van der Waals surface area contributed by atoms with Crippen LogP contribution in [-0.4, -0.2) is 60.1 Å². The number of halogens is 1. The molecule has 0 saturated carbocycles. The van der Waals surface area contributed by atoms with Crippen LogP contribution in [0.1, 0.15) is 11.5 Å². The van der Waals surface area contributed by atoms with Crippen LogP contribution in [0.5, 0.6) is 0 Å². The molecule has 1 fully saturated rings. The van der Waals surface area contributed by atoms with Crippen LogP contribution in [0.2, 0.25) is 0 Å². The highest BCUT2D eigenvalue weighted by Crippen LogP contribution is 2.27. The number of aryl methyl sites for hydroxylation is 1. The van der Waals surface area contributed by atoms with Crippen LogP contribution in [0.4, 0.5) is 15.9 Å². The van der Waals surface area contributed by atoms with E-state index in [9.17, 15) is 4.39 Å². The molecule has 0 N–H and O–H groups in total. The van der Waals surface area contributed by atoms with E-state index in [1.54, 1.807) is 6.20 Å². The Morgan fingerprint density at radius 3 is 2.68 bits per heavy atom. The highest BCUT2D eigenvalue weighted by Gasteiger charge is 2.17. The summed E-state index contributed by atoms with van der Waals surface area (Å²) in [4.78, 5) is 20.3. The van der Waals surface area contributed by atoms with Crippen LogP contribution < -0.4 is 9.80 Å². The number of likely N-dealkylation sites (N-methyl/N-ethyl adjacent to an activating group) is 1. The molecule has 0 aliphatic carbocycles. The van der Waals surface area contributed by atoms with Gasteiger partial charge in [0.25, 0.3) is 0 Å². The number of benzene rings is 1. The number of fused-ring (bicyclic) bond motifs is 1. The lowest BCUT2D eigenvalue weighted by Gasteiger charge is -2.33. The summed E-state index contributed by atoms with van der Waals surface area (Å²) >= 11 is 0. The van der Waals surface area contributed by atoms with Crippen molar-refractivity contribution in [2.75, 3.05) is 50.1 Å². The molecule has 3 heterocycles. The first kappa shape index (κ1) is 18.6. The van der Waals surface area contributed by atoms with Gasteiger partial charge < -0.3 is 14.7 Å². The summed E-state index contributed by atoms with van der Waals surface area (Å²) < 4.78 is 14.1. The fourth-order valence-corrected chi connectivity index (χ4v) is 3.65. The van der Waals surface area contributed by atoms with Crippen LogP contribution in [0.3, 0.4) is 0 Å². The Labute approximate surface area is 164 Å². The fourth-order valence-electron chi connectivity index (χ4n) is 3.65. The molecule has 0 unspecified atom stereocenters. The van der Waals surface area contributed by atoms with Crippen molar-refractivity contribution in [2.24, 2.45) is 0 Å². The second-order valence-corrected chi connectivity index (χ2v) is 7.41. The molecule has 0 amide bonds. The van der Waals surface area contributed by atoms with Gasteiger partial charge in [0.15, 0.2) is 0 Å². The Bertz CT molecular complexity index is 984. The Balaban J connectivity index is 1.61. The molecule has 0 radical (unpaired) electrons. The summed E-state index contributed by atoms with van der Waals surface area (Å²) in [5.41, 5.74) is 2.46. The summed E-state index contributed by atoms with van der Waals surface area (Å²) in [5, 5.41) is 0.793. The van der Waals surface area contributed by atoms with Crippen molar-refractivity contribution in [1.82, 2.24) is 19.9 Å². The monoisotopic (exact) mass is 380 g/mol. The van der Waals surface area contributed by atoms with Gasteiger partial charge in [0, 0.05) is 50.9 Å². The van der Waals surface area contributed by atoms with Crippen LogP contribution >= 0.6 is 0 Å². The number of aromatic nitrogens is 3. The maximum absolute atomic E-state index is 14.1. The van der Waals surface area contributed by atoms with Crippen molar-refractivity contribution in [3.8, 4) is 0 Å². The van der Waals surface area contributed by atoms with Crippen LogP contribution in [0.25, 0.3) is 10.9 Å². The number of piperazine rings is 1. The lowest BCUT2D eigenvalue weighted by molar-refractivity contribution is 0.312. The van der Waals surface area contributed by atoms with E-state index >= 15 is 0 Å². The van der Waals surface area contributed by atoms with Gasteiger partial charge in [-0.2, -0.15) is 0 Å². The molecular formula is C21H25FN6. The summed E-state index contributed by atoms with van der Waals surface area (Å²) in [6.45, 7) is 6.45. The number of hydrogen-bond acceptors (Lipinski definition) is 6. The zero-order valence-corrected chi connectivity index (χ0v) is 16.6. The average Bonchev–Trinajstić information content (AvgIpc) is 2.67. The third kappa shape index (κ3) is 3.89.